The highest BCUT2D eigenvalue weighted by Crippen LogP contribution is 2.14. The lowest BCUT2D eigenvalue weighted by Crippen LogP contribution is -2.30. The van der Waals surface area contributed by atoms with Crippen molar-refractivity contribution in [3.8, 4) is 6.07 Å². The molecule has 14 heavy (non-hydrogen) atoms. The van der Waals surface area contributed by atoms with Crippen molar-refractivity contribution in [3.63, 3.8) is 0 Å². The van der Waals surface area contributed by atoms with Crippen molar-refractivity contribution in [3.05, 3.63) is 11.4 Å². The number of thiocarbonyl (C=S) groups is 1. The summed E-state index contributed by atoms with van der Waals surface area (Å²) < 4.78 is 0. The molecule has 0 aromatic carbocycles. The van der Waals surface area contributed by atoms with E-state index in [0.29, 0.717) is 16.4 Å². The van der Waals surface area contributed by atoms with Crippen LogP contribution in [-0.2, 0) is 0 Å². The average Bonchev–Trinajstić information content (AvgIpc) is 2.71. The number of nitrogens with zero attached hydrogens (tertiary/aromatic N) is 2. The number of hydrogen-bond acceptors (Lipinski definition) is 4. The standard InChI is InChI=1S/C9H14N4S/c1-12-9(14)7(6-10)8(11)13-4-2-3-5-13/h2-5,11H2,1H3,(H,12,14). The quantitative estimate of drug-likeness (QED) is 0.390. The topological polar surface area (TPSA) is 65.1 Å². The number of nitrogens with two attached hydrogens (primary N) is 1. The normalized spacial score (nSPS) is 17.3. The van der Waals surface area contributed by atoms with Crippen LogP contribution in [0.3, 0.4) is 0 Å². The van der Waals surface area contributed by atoms with E-state index in [1.807, 2.05) is 11.0 Å². The largest absolute Gasteiger partial charge is 0.384 e. The predicted molar refractivity (Wildman–Crippen MR) is 59.3 cm³/mol. The molecule has 0 aliphatic carbocycles. The summed E-state index contributed by atoms with van der Waals surface area (Å²) in [4.78, 5) is 2.42. The van der Waals surface area contributed by atoms with Crippen molar-refractivity contribution >= 4 is 17.2 Å². The fraction of sp³-hybridized carbons (Fsp3) is 0.556. The smallest absolute Gasteiger partial charge is 0.126 e. The van der Waals surface area contributed by atoms with Crippen LogP contribution in [0.5, 0.6) is 0 Å². The van der Waals surface area contributed by atoms with E-state index in [1.54, 1.807) is 7.05 Å². The van der Waals surface area contributed by atoms with Crippen molar-refractivity contribution in [2.24, 2.45) is 5.73 Å². The number of nitriles is 1. The van der Waals surface area contributed by atoms with Crippen molar-refractivity contribution in [1.82, 2.24) is 10.2 Å². The van der Waals surface area contributed by atoms with Gasteiger partial charge in [0.15, 0.2) is 0 Å². The van der Waals surface area contributed by atoms with E-state index in [0.717, 1.165) is 25.9 Å². The Bertz CT molecular complexity index is 296. The van der Waals surface area contributed by atoms with Crippen molar-refractivity contribution < 1.29 is 0 Å². The fourth-order valence-corrected chi connectivity index (χ4v) is 1.62. The SMILES string of the molecule is CNC(=S)C(C#N)=C(N)N1CCCC1. The summed E-state index contributed by atoms with van der Waals surface area (Å²) in [6.07, 6.45) is 2.26. The molecule has 0 aromatic heterocycles. The Balaban J connectivity index is 2.87. The second-order valence-electron chi connectivity index (χ2n) is 3.15. The second-order valence-corrected chi connectivity index (χ2v) is 3.55. The molecule has 0 amide bonds. The molecule has 1 heterocycles. The first-order valence-electron chi connectivity index (χ1n) is 4.57. The Kier molecular flexibility index (Phi) is 3.72. The van der Waals surface area contributed by atoms with Crippen LogP contribution in [0, 0.1) is 11.3 Å². The minimum absolute atomic E-state index is 0.379. The van der Waals surface area contributed by atoms with Gasteiger partial charge in [-0.15, -0.1) is 0 Å². The number of likely N-dealkylation sites (tertiary alicyclic amines) is 1. The van der Waals surface area contributed by atoms with Crippen LogP contribution >= 0.6 is 12.2 Å². The zero-order valence-electron chi connectivity index (χ0n) is 8.21. The van der Waals surface area contributed by atoms with Crippen LogP contribution in [0.4, 0.5) is 0 Å². The summed E-state index contributed by atoms with van der Waals surface area (Å²) in [5.41, 5.74) is 6.24. The minimum atomic E-state index is 0.379. The molecule has 1 fully saturated rings. The Morgan fingerprint density at radius 1 is 1.50 bits per heavy atom. The van der Waals surface area contributed by atoms with E-state index in [4.69, 9.17) is 23.2 Å². The van der Waals surface area contributed by atoms with Crippen LogP contribution in [0.1, 0.15) is 12.8 Å². The van der Waals surface area contributed by atoms with Crippen LogP contribution in [0.15, 0.2) is 11.4 Å². The number of rotatable bonds is 2. The van der Waals surface area contributed by atoms with Gasteiger partial charge in [0.25, 0.3) is 0 Å². The van der Waals surface area contributed by atoms with Gasteiger partial charge < -0.3 is 16.0 Å². The summed E-state index contributed by atoms with van der Waals surface area (Å²) in [5, 5.41) is 11.7. The molecule has 0 atom stereocenters. The summed E-state index contributed by atoms with van der Waals surface area (Å²) >= 11 is 4.99. The van der Waals surface area contributed by atoms with Crippen molar-refractivity contribution in [2.45, 2.75) is 12.8 Å². The minimum Gasteiger partial charge on any atom is -0.384 e. The fourth-order valence-electron chi connectivity index (χ4n) is 1.47. The Morgan fingerprint density at radius 3 is 2.50 bits per heavy atom. The monoisotopic (exact) mass is 210 g/mol. The van der Waals surface area contributed by atoms with Crippen LogP contribution in [0.25, 0.3) is 0 Å². The first-order valence-corrected chi connectivity index (χ1v) is 4.98. The molecule has 76 valence electrons. The Hall–Kier alpha value is -1.28. The molecule has 0 aromatic rings. The third-order valence-electron chi connectivity index (χ3n) is 2.27. The van der Waals surface area contributed by atoms with Gasteiger partial charge in [0.1, 0.15) is 22.5 Å². The maximum atomic E-state index is 8.92. The van der Waals surface area contributed by atoms with Gasteiger partial charge in [0, 0.05) is 20.1 Å². The van der Waals surface area contributed by atoms with E-state index >= 15 is 0 Å². The van der Waals surface area contributed by atoms with Crippen molar-refractivity contribution in [1.29, 1.82) is 5.26 Å². The van der Waals surface area contributed by atoms with E-state index in [1.165, 1.54) is 0 Å². The summed E-state index contributed by atoms with van der Waals surface area (Å²) in [7, 11) is 1.69. The molecule has 0 saturated carbocycles. The van der Waals surface area contributed by atoms with Gasteiger partial charge in [-0.2, -0.15) is 5.26 Å². The van der Waals surface area contributed by atoms with E-state index in [9.17, 15) is 0 Å². The number of likely N-dealkylation sites (N-methyl/N-ethyl adjacent to an activating group) is 1. The zero-order chi connectivity index (χ0) is 10.6. The molecule has 1 rings (SSSR count). The molecule has 3 N–H and O–H groups in total. The van der Waals surface area contributed by atoms with Gasteiger partial charge in [-0.05, 0) is 12.8 Å². The van der Waals surface area contributed by atoms with Gasteiger partial charge in [-0.25, -0.2) is 0 Å². The molecule has 0 unspecified atom stereocenters. The maximum Gasteiger partial charge on any atom is 0.126 e. The molecule has 5 heteroatoms. The molecule has 0 radical (unpaired) electrons. The number of hydrogen-bond donors (Lipinski definition) is 2. The number of nitrogens with one attached hydrogen (secondary N) is 1. The molecular formula is C9H14N4S. The molecular weight excluding hydrogens is 196 g/mol. The molecule has 1 aliphatic rings. The molecule has 1 saturated heterocycles. The zero-order valence-corrected chi connectivity index (χ0v) is 9.02. The molecule has 1 aliphatic heterocycles. The lowest BCUT2D eigenvalue weighted by molar-refractivity contribution is 0.420. The van der Waals surface area contributed by atoms with Gasteiger partial charge in [0.2, 0.25) is 0 Å². The van der Waals surface area contributed by atoms with E-state index in [2.05, 4.69) is 5.32 Å². The van der Waals surface area contributed by atoms with Gasteiger partial charge in [-0.1, -0.05) is 12.2 Å². The maximum absolute atomic E-state index is 8.92. The lowest BCUT2D eigenvalue weighted by atomic mass is 10.2. The molecule has 0 bridgehead atoms. The highest BCUT2D eigenvalue weighted by atomic mass is 32.1. The Morgan fingerprint density at radius 2 is 2.07 bits per heavy atom. The Labute approximate surface area is 89.4 Å². The van der Waals surface area contributed by atoms with Gasteiger partial charge in [-0.3, -0.25) is 0 Å². The predicted octanol–water partition coefficient (Wildman–Crippen LogP) is 0.323. The summed E-state index contributed by atoms with van der Waals surface area (Å²) in [6, 6.07) is 2.04. The lowest BCUT2D eigenvalue weighted by Gasteiger charge is -2.19. The first kappa shape index (κ1) is 10.8. The highest BCUT2D eigenvalue weighted by molar-refractivity contribution is 7.80. The summed E-state index contributed by atoms with van der Waals surface area (Å²) in [6.45, 7) is 1.84. The highest BCUT2D eigenvalue weighted by Gasteiger charge is 2.17. The van der Waals surface area contributed by atoms with Crippen molar-refractivity contribution in [2.75, 3.05) is 20.1 Å². The molecule has 4 nitrogen and oxygen atoms in total. The third-order valence-corrected chi connectivity index (χ3v) is 2.68. The average molecular weight is 210 g/mol. The van der Waals surface area contributed by atoms with Crippen LogP contribution in [0.2, 0.25) is 0 Å². The van der Waals surface area contributed by atoms with Crippen LogP contribution < -0.4 is 11.1 Å². The van der Waals surface area contributed by atoms with Gasteiger partial charge in [0.05, 0.1) is 0 Å². The molecule has 0 spiro atoms. The van der Waals surface area contributed by atoms with Gasteiger partial charge >= 0.3 is 0 Å². The van der Waals surface area contributed by atoms with Crippen LogP contribution in [-0.4, -0.2) is 30.0 Å². The van der Waals surface area contributed by atoms with E-state index < -0.39 is 0 Å². The van der Waals surface area contributed by atoms with E-state index in [-0.39, 0.29) is 0 Å². The second kappa shape index (κ2) is 4.82. The third kappa shape index (κ3) is 2.15. The first-order chi connectivity index (χ1) is 6.70. The summed E-state index contributed by atoms with van der Waals surface area (Å²) in [5.74, 6) is 0.504.